The van der Waals surface area contributed by atoms with Gasteiger partial charge in [-0.25, -0.2) is 4.79 Å². The minimum Gasteiger partial charge on any atom is -0.507 e. The third-order valence-electron chi connectivity index (χ3n) is 5.46. The van der Waals surface area contributed by atoms with Crippen LogP contribution in [0.5, 0.6) is 5.75 Å². The number of aromatic hydroxyl groups is 1. The summed E-state index contributed by atoms with van der Waals surface area (Å²) >= 11 is 0. The number of carbonyl (C=O) groups excluding carboxylic acids is 3. The van der Waals surface area contributed by atoms with Gasteiger partial charge >= 0.3 is 12.1 Å². The zero-order valence-corrected chi connectivity index (χ0v) is 20.3. The highest BCUT2D eigenvalue weighted by Crippen LogP contribution is 2.41. The molecule has 0 aromatic heterocycles. The normalized spacial score (nSPS) is 10.8. The molecule has 204 valence electrons. The lowest BCUT2D eigenvalue weighted by Gasteiger charge is -2.18. The van der Waals surface area contributed by atoms with Gasteiger partial charge in [-0.15, -0.1) is 0 Å². The van der Waals surface area contributed by atoms with Gasteiger partial charge in [0.05, 0.1) is 34.0 Å². The van der Waals surface area contributed by atoms with Crippen molar-refractivity contribution in [1.82, 2.24) is 0 Å². The monoisotopic (exact) mass is 553 g/mol. The lowest BCUT2D eigenvalue weighted by atomic mass is 9.91. The number of carboxylic acid groups (broad SMARTS) is 1. The Hall–Kier alpha value is -5.71. The molecule has 0 radical (unpaired) electrons. The van der Waals surface area contributed by atoms with Gasteiger partial charge in [0.1, 0.15) is 11.5 Å². The first kappa shape index (κ1) is 28.9. The van der Waals surface area contributed by atoms with Crippen LogP contribution in [0, 0.1) is 16.7 Å². The molecule has 0 aliphatic rings. The van der Waals surface area contributed by atoms with Crippen LogP contribution in [0.25, 0.3) is 11.1 Å². The number of benzene rings is 3. The maximum absolute atomic E-state index is 14.0. The van der Waals surface area contributed by atoms with Gasteiger partial charge in [0, 0.05) is 18.2 Å². The van der Waals surface area contributed by atoms with Gasteiger partial charge in [-0.1, -0.05) is 6.07 Å². The largest absolute Gasteiger partial charge is 0.507 e. The molecule has 3 amide bonds. The van der Waals surface area contributed by atoms with E-state index in [4.69, 9.17) is 16.4 Å². The number of primary amides is 1. The predicted molar refractivity (Wildman–Crippen MR) is 135 cm³/mol. The second-order valence-corrected chi connectivity index (χ2v) is 8.22. The third kappa shape index (κ3) is 6.05. The Morgan fingerprint density at radius 3 is 2.17 bits per heavy atom. The molecule has 0 spiro atoms. The van der Waals surface area contributed by atoms with E-state index in [1.54, 1.807) is 6.07 Å². The molecular weight excluding hydrogens is 535 g/mol. The molecule has 3 rings (SSSR count). The average Bonchev–Trinajstić information content (AvgIpc) is 2.87. The number of nitriles is 1. The van der Waals surface area contributed by atoms with Gasteiger partial charge < -0.3 is 26.6 Å². The zero-order valence-electron chi connectivity index (χ0n) is 20.3. The van der Waals surface area contributed by atoms with Crippen molar-refractivity contribution in [3.8, 4) is 22.9 Å². The van der Waals surface area contributed by atoms with Crippen LogP contribution in [0.2, 0.25) is 0 Å². The van der Waals surface area contributed by atoms with Crippen LogP contribution < -0.4 is 16.4 Å². The Kier molecular flexibility index (Phi) is 7.90. The summed E-state index contributed by atoms with van der Waals surface area (Å²) in [4.78, 5) is 47.8. The van der Waals surface area contributed by atoms with E-state index in [0.717, 1.165) is 37.3 Å². The molecule has 11 nitrogen and oxygen atoms in total. The zero-order chi connectivity index (χ0) is 29.9. The number of amides is 3. The maximum Gasteiger partial charge on any atom is 0.417 e. The number of halogens is 3. The molecule has 0 aliphatic heterocycles. The van der Waals surface area contributed by atoms with Crippen molar-refractivity contribution in [3.05, 3.63) is 76.3 Å². The van der Waals surface area contributed by atoms with Crippen LogP contribution in [-0.2, 0) is 15.8 Å². The van der Waals surface area contributed by atoms with E-state index >= 15 is 0 Å². The van der Waals surface area contributed by atoms with Crippen molar-refractivity contribution in [2.45, 2.75) is 13.1 Å². The number of hydrogen-bond acceptors (Lipinski definition) is 7. The topological polar surface area (TPSA) is 206 Å². The second-order valence-electron chi connectivity index (χ2n) is 8.22. The number of alkyl halides is 3. The van der Waals surface area contributed by atoms with Crippen LogP contribution in [0.3, 0.4) is 0 Å². The molecule has 0 saturated carbocycles. The highest BCUT2D eigenvalue weighted by Gasteiger charge is 2.35. The number of carboxylic acids is 1. The SMILES string of the molecule is CC(=O)Nc1ccc(-c2cc(C(=N)C(=O)Nc3ccc(C#N)cc3C(=O)O)c(O)cc2C(N)=O)c(C(F)(F)F)c1. The Balaban J connectivity index is 2.15. The number of phenolic OH excluding ortho intramolecular Hbond substituents is 1. The Morgan fingerprint density at radius 1 is 0.950 bits per heavy atom. The van der Waals surface area contributed by atoms with E-state index in [1.165, 1.54) is 6.07 Å². The quantitative estimate of drug-likeness (QED) is 0.239. The number of hydrogen-bond donors (Lipinski definition) is 6. The van der Waals surface area contributed by atoms with E-state index in [2.05, 4.69) is 10.6 Å². The molecule has 7 N–H and O–H groups in total. The fraction of sp³-hybridized carbons (Fsp3) is 0.0769. The molecule has 0 heterocycles. The molecule has 0 fully saturated rings. The molecule has 0 bridgehead atoms. The number of aromatic carboxylic acids is 1. The summed E-state index contributed by atoms with van der Waals surface area (Å²) < 4.78 is 42.0. The first-order valence-electron chi connectivity index (χ1n) is 11.0. The van der Waals surface area contributed by atoms with Gasteiger partial charge in [-0.05, 0) is 53.6 Å². The maximum atomic E-state index is 14.0. The van der Waals surface area contributed by atoms with E-state index < -0.39 is 74.7 Å². The number of anilines is 2. The summed E-state index contributed by atoms with van der Waals surface area (Å²) in [5.41, 5.74) is -0.239. The number of nitrogens with one attached hydrogen (secondary N) is 3. The summed E-state index contributed by atoms with van der Waals surface area (Å²) in [5.74, 6) is -5.48. The lowest BCUT2D eigenvalue weighted by Crippen LogP contribution is -2.25. The van der Waals surface area contributed by atoms with Crippen molar-refractivity contribution >= 4 is 40.8 Å². The first-order valence-corrected chi connectivity index (χ1v) is 11.0. The number of nitrogens with two attached hydrogens (primary N) is 1. The third-order valence-corrected chi connectivity index (χ3v) is 5.46. The lowest BCUT2D eigenvalue weighted by molar-refractivity contribution is -0.137. The summed E-state index contributed by atoms with van der Waals surface area (Å²) in [7, 11) is 0. The highest BCUT2D eigenvalue weighted by molar-refractivity contribution is 6.48. The molecule has 3 aromatic rings. The van der Waals surface area contributed by atoms with Crippen LogP contribution in [0.1, 0.15) is 44.3 Å². The van der Waals surface area contributed by atoms with Gasteiger partial charge in [0.15, 0.2) is 0 Å². The molecule has 0 atom stereocenters. The number of rotatable bonds is 7. The molecule has 40 heavy (non-hydrogen) atoms. The predicted octanol–water partition coefficient (Wildman–Crippen LogP) is 3.71. The Labute approximate surface area is 223 Å². The summed E-state index contributed by atoms with van der Waals surface area (Å²) in [6.07, 6.45) is -5.00. The second kappa shape index (κ2) is 11.0. The van der Waals surface area contributed by atoms with Crippen molar-refractivity contribution in [3.63, 3.8) is 0 Å². The average molecular weight is 553 g/mol. The van der Waals surface area contributed by atoms with Crippen LogP contribution in [-0.4, -0.2) is 39.6 Å². The van der Waals surface area contributed by atoms with Crippen molar-refractivity contribution in [2.75, 3.05) is 10.6 Å². The smallest absolute Gasteiger partial charge is 0.417 e. The minimum atomic E-state index is -5.00. The molecule has 14 heteroatoms. The van der Waals surface area contributed by atoms with E-state index in [9.17, 15) is 42.6 Å². The van der Waals surface area contributed by atoms with Crippen molar-refractivity contribution in [1.29, 1.82) is 10.7 Å². The standard InChI is InChI=1S/C26H18F3N5O6/c1-11(35)33-13-3-4-14(19(7-13)26(27,28)29)15-8-18(21(36)9-16(15)23(32)37)22(31)24(38)34-20-5-2-12(10-30)6-17(20)25(39)40/h2-9,31,36H,1H3,(H2,32,37)(H,33,35)(H,34,38)(H,39,40). The summed E-state index contributed by atoms with van der Waals surface area (Å²) in [5, 5.41) is 41.4. The van der Waals surface area contributed by atoms with Gasteiger partial charge in [0.25, 0.3) is 5.91 Å². The minimum absolute atomic E-state index is 0.0280. The molecule has 3 aromatic carbocycles. The number of carbonyl (C=O) groups is 4. The molecular formula is C26H18F3N5O6. The van der Waals surface area contributed by atoms with Crippen molar-refractivity contribution in [2.24, 2.45) is 5.73 Å². The van der Waals surface area contributed by atoms with Crippen LogP contribution in [0.4, 0.5) is 24.5 Å². The summed E-state index contributed by atoms with van der Waals surface area (Å²) in [6.45, 7) is 1.09. The molecule has 0 saturated heterocycles. The first-order chi connectivity index (χ1) is 18.6. The van der Waals surface area contributed by atoms with E-state index in [-0.39, 0.29) is 16.9 Å². The van der Waals surface area contributed by atoms with Crippen LogP contribution in [0.15, 0.2) is 48.5 Å². The van der Waals surface area contributed by atoms with E-state index in [0.29, 0.717) is 12.1 Å². The van der Waals surface area contributed by atoms with Gasteiger partial charge in [-0.3, -0.25) is 19.8 Å². The van der Waals surface area contributed by atoms with Gasteiger partial charge in [0.2, 0.25) is 11.8 Å². The molecule has 0 aliphatic carbocycles. The Morgan fingerprint density at radius 2 is 1.62 bits per heavy atom. The van der Waals surface area contributed by atoms with E-state index in [1.807, 2.05) is 0 Å². The van der Waals surface area contributed by atoms with Crippen LogP contribution >= 0.6 is 0 Å². The van der Waals surface area contributed by atoms with Gasteiger partial charge in [-0.2, -0.15) is 18.4 Å². The number of phenols is 1. The Bertz CT molecular complexity index is 1640. The van der Waals surface area contributed by atoms with Crippen molar-refractivity contribution < 1.29 is 42.6 Å². The summed E-state index contributed by atoms with van der Waals surface area (Å²) in [6, 6.07) is 9.17. The highest BCUT2D eigenvalue weighted by atomic mass is 19.4. The fourth-order valence-electron chi connectivity index (χ4n) is 3.72. The fourth-order valence-corrected chi connectivity index (χ4v) is 3.72. The molecule has 0 unspecified atom stereocenters. The number of nitrogens with zero attached hydrogens (tertiary/aromatic N) is 1.